The molecule has 0 radical (unpaired) electrons. The van der Waals surface area contributed by atoms with E-state index in [1.807, 2.05) is 18.2 Å². The van der Waals surface area contributed by atoms with Gasteiger partial charge >= 0.3 is 5.97 Å². The third-order valence-corrected chi connectivity index (χ3v) is 4.73. The van der Waals surface area contributed by atoms with Crippen molar-refractivity contribution in [3.05, 3.63) is 59.3 Å². The van der Waals surface area contributed by atoms with E-state index in [0.717, 1.165) is 24.0 Å². The summed E-state index contributed by atoms with van der Waals surface area (Å²) in [5.41, 5.74) is 4.69. The third-order valence-electron chi connectivity index (χ3n) is 4.73. The fraction of sp³-hybridized carbons (Fsp3) is 0.250. The number of hydrogen-bond acceptors (Lipinski definition) is 4. The van der Waals surface area contributed by atoms with Crippen molar-refractivity contribution >= 4 is 29.3 Å². The molecule has 0 saturated carbocycles. The quantitative estimate of drug-likeness (QED) is 0.624. The number of ether oxygens (including phenoxy) is 2. The number of methoxy groups -OCH3 is 1. The molecular weight excluding hydrogens is 368 g/mol. The Morgan fingerprint density at radius 1 is 1.22 bits per heavy atom. The summed E-state index contributed by atoms with van der Waals surface area (Å²) in [5.74, 6) is -0.0760. The summed E-state index contributed by atoms with van der Waals surface area (Å²) in [5, 5.41) is 13.6. The number of carboxylic acids is 1. The highest BCUT2D eigenvalue weighted by Gasteiger charge is 2.26. The van der Waals surface area contributed by atoms with Crippen molar-refractivity contribution in [1.82, 2.24) is 10.3 Å². The van der Waals surface area contributed by atoms with E-state index in [4.69, 9.17) is 14.6 Å². The van der Waals surface area contributed by atoms with Crippen LogP contribution in [-0.4, -0.2) is 36.3 Å². The van der Waals surface area contributed by atoms with E-state index in [0.29, 0.717) is 11.5 Å². The van der Waals surface area contributed by atoms with Gasteiger partial charge in [-0.15, -0.1) is 12.4 Å². The summed E-state index contributed by atoms with van der Waals surface area (Å²) in [6.07, 6.45) is 0.979. The van der Waals surface area contributed by atoms with Gasteiger partial charge in [-0.1, -0.05) is 24.3 Å². The van der Waals surface area contributed by atoms with Crippen LogP contribution >= 0.6 is 12.4 Å². The van der Waals surface area contributed by atoms with Crippen molar-refractivity contribution in [1.29, 1.82) is 0 Å². The summed E-state index contributed by atoms with van der Waals surface area (Å²) in [6.45, 7) is 0.489. The van der Waals surface area contributed by atoms with Gasteiger partial charge in [-0.3, -0.25) is 0 Å². The molecule has 0 bridgehead atoms. The van der Waals surface area contributed by atoms with Gasteiger partial charge in [-0.2, -0.15) is 0 Å². The Balaban J connectivity index is 0.00000210. The molecule has 0 aliphatic carbocycles. The number of aliphatic carboxylic acids is 1. The highest BCUT2D eigenvalue weighted by molar-refractivity contribution is 5.85. The zero-order valence-corrected chi connectivity index (χ0v) is 15.6. The van der Waals surface area contributed by atoms with Crippen LogP contribution < -0.4 is 14.8 Å². The lowest BCUT2D eigenvalue weighted by molar-refractivity contribution is -0.139. The lowest BCUT2D eigenvalue weighted by atomic mass is 9.94. The largest absolute Gasteiger partial charge is 0.493 e. The molecular formula is C20H21ClN2O4. The molecule has 0 fully saturated rings. The van der Waals surface area contributed by atoms with E-state index < -0.39 is 12.6 Å². The van der Waals surface area contributed by atoms with Crippen molar-refractivity contribution in [2.24, 2.45) is 0 Å². The van der Waals surface area contributed by atoms with Gasteiger partial charge in [0.05, 0.1) is 13.2 Å². The predicted molar refractivity (Wildman–Crippen MR) is 105 cm³/mol. The number of halogens is 1. The van der Waals surface area contributed by atoms with Crippen LogP contribution in [0.2, 0.25) is 0 Å². The standard InChI is InChI=1S/C20H20N2O4.ClH/c1-25-17-10-12(6-7-16(17)26-11-18(23)24)19-20-14(8-9-21-19)13-4-2-3-5-15(13)22-20;/h2-7,10,19,21-22H,8-9,11H2,1H3,(H,23,24);1H. The van der Waals surface area contributed by atoms with Crippen molar-refractivity contribution in [2.75, 3.05) is 20.3 Å². The molecule has 2 heterocycles. The Bertz CT molecular complexity index is 970. The van der Waals surface area contributed by atoms with Crippen LogP contribution in [0.15, 0.2) is 42.5 Å². The second kappa shape index (κ2) is 7.90. The number of para-hydroxylation sites is 1. The minimum Gasteiger partial charge on any atom is -0.493 e. The molecule has 6 nitrogen and oxygen atoms in total. The Labute approximate surface area is 162 Å². The van der Waals surface area contributed by atoms with Crippen molar-refractivity contribution in [2.45, 2.75) is 12.5 Å². The minimum atomic E-state index is -1.02. The lowest BCUT2D eigenvalue weighted by Gasteiger charge is -2.25. The first-order chi connectivity index (χ1) is 12.7. The van der Waals surface area contributed by atoms with Gasteiger partial charge in [0.1, 0.15) is 0 Å². The number of aromatic nitrogens is 1. The summed E-state index contributed by atoms with van der Waals surface area (Å²) in [4.78, 5) is 14.3. The summed E-state index contributed by atoms with van der Waals surface area (Å²) >= 11 is 0. The highest BCUT2D eigenvalue weighted by atomic mass is 35.5. The van der Waals surface area contributed by atoms with Crippen LogP contribution in [0.4, 0.5) is 0 Å². The summed E-state index contributed by atoms with van der Waals surface area (Å²) in [7, 11) is 1.55. The van der Waals surface area contributed by atoms with E-state index in [2.05, 4.69) is 28.5 Å². The van der Waals surface area contributed by atoms with Crippen molar-refractivity contribution in [3.63, 3.8) is 0 Å². The van der Waals surface area contributed by atoms with E-state index in [1.165, 1.54) is 16.6 Å². The normalized spacial score (nSPS) is 15.7. The number of carbonyl (C=O) groups is 1. The second-order valence-electron chi connectivity index (χ2n) is 6.29. The van der Waals surface area contributed by atoms with E-state index in [-0.39, 0.29) is 18.4 Å². The van der Waals surface area contributed by atoms with Gasteiger partial charge in [0.15, 0.2) is 18.1 Å². The number of fused-ring (bicyclic) bond motifs is 3. The molecule has 1 aliphatic heterocycles. The van der Waals surface area contributed by atoms with Gasteiger partial charge in [-0.05, 0) is 35.7 Å². The van der Waals surface area contributed by atoms with Gasteiger partial charge < -0.3 is 24.9 Å². The van der Waals surface area contributed by atoms with Crippen molar-refractivity contribution < 1.29 is 19.4 Å². The molecule has 3 N–H and O–H groups in total. The molecule has 0 amide bonds. The number of carboxylic acid groups (broad SMARTS) is 1. The van der Waals surface area contributed by atoms with E-state index in [9.17, 15) is 4.79 Å². The summed E-state index contributed by atoms with van der Waals surface area (Å²) < 4.78 is 10.7. The molecule has 3 aromatic rings. The SMILES string of the molecule is COc1cc(C2NCCc3c2[nH]c2ccccc32)ccc1OCC(=O)O.Cl. The molecule has 0 saturated heterocycles. The maximum absolute atomic E-state index is 10.7. The molecule has 1 unspecified atom stereocenters. The molecule has 2 aromatic carbocycles. The zero-order chi connectivity index (χ0) is 18.1. The first-order valence-corrected chi connectivity index (χ1v) is 8.52. The monoisotopic (exact) mass is 388 g/mol. The van der Waals surface area contributed by atoms with Crippen LogP contribution in [0, 0.1) is 0 Å². The van der Waals surface area contributed by atoms with E-state index >= 15 is 0 Å². The predicted octanol–water partition coefficient (Wildman–Crippen LogP) is 3.30. The molecule has 7 heteroatoms. The molecule has 1 aromatic heterocycles. The first-order valence-electron chi connectivity index (χ1n) is 8.52. The van der Waals surface area contributed by atoms with Crippen molar-refractivity contribution in [3.8, 4) is 11.5 Å². The average Bonchev–Trinajstić information content (AvgIpc) is 3.05. The number of rotatable bonds is 5. The van der Waals surface area contributed by atoms with Crippen LogP contribution in [0.1, 0.15) is 22.9 Å². The van der Waals surface area contributed by atoms with Crippen LogP contribution in [-0.2, 0) is 11.2 Å². The maximum atomic E-state index is 10.7. The first kappa shape index (κ1) is 19.1. The Morgan fingerprint density at radius 3 is 2.81 bits per heavy atom. The smallest absolute Gasteiger partial charge is 0.341 e. The zero-order valence-electron chi connectivity index (χ0n) is 14.8. The molecule has 142 valence electrons. The molecule has 1 atom stereocenters. The molecule has 4 rings (SSSR count). The fourth-order valence-electron chi connectivity index (χ4n) is 3.59. The summed E-state index contributed by atoms with van der Waals surface area (Å²) in [6, 6.07) is 14.0. The number of benzene rings is 2. The molecule has 27 heavy (non-hydrogen) atoms. The van der Waals surface area contributed by atoms with Crippen LogP contribution in [0.25, 0.3) is 10.9 Å². The highest BCUT2D eigenvalue weighted by Crippen LogP contribution is 2.36. The fourth-order valence-corrected chi connectivity index (χ4v) is 3.59. The van der Waals surface area contributed by atoms with E-state index in [1.54, 1.807) is 13.2 Å². The number of aromatic amines is 1. The van der Waals surface area contributed by atoms with Gasteiger partial charge in [0.2, 0.25) is 0 Å². The number of nitrogens with one attached hydrogen (secondary N) is 2. The van der Waals surface area contributed by atoms with Crippen LogP contribution in [0.5, 0.6) is 11.5 Å². The maximum Gasteiger partial charge on any atom is 0.341 e. The van der Waals surface area contributed by atoms with Gasteiger partial charge in [0.25, 0.3) is 0 Å². The van der Waals surface area contributed by atoms with Gasteiger partial charge in [-0.25, -0.2) is 4.79 Å². The third kappa shape index (κ3) is 3.59. The number of H-pyrrole nitrogens is 1. The molecule has 0 spiro atoms. The Hall–Kier alpha value is -2.70. The molecule has 1 aliphatic rings. The minimum absolute atomic E-state index is 0. The van der Waals surface area contributed by atoms with Gasteiger partial charge in [0, 0.05) is 23.1 Å². The second-order valence-corrected chi connectivity index (χ2v) is 6.29. The topological polar surface area (TPSA) is 83.6 Å². The lowest BCUT2D eigenvalue weighted by Crippen LogP contribution is -2.30. The Kier molecular flexibility index (Phi) is 5.58. The Morgan fingerprint density at radius 2 is 2.04 bits per heavy atom. The van der Waals surface area contributed by atoms with Crippen LogP contribution in [0.3, 0.4) is 0 Å². The average molecular weight is 389 g/mol. The number of hydrogen-bond donors (Lipinski definition) is 3.